The van der Waals surface area contributed by atoms with Crippen molar-refractivity contribution in [3.63, 3.8) is 0 Å². The molecule has 7 heteroatoms. The first-order chi connectivity index (χ1) is 38.5. The molecule has 0 unspecified atom stereocenters. The molecule has 4 heterocycles. The topological polar surface area (TPSA) is 40.8 Å². The largest absolute Gasteiger partial charge is 0.510 e. The number of nitrogens with zero attached hydrogens (tertiary/aromatic N) is 5. The first-order valence-electron chi connectivity index (χ1n) is 27.9. The van der Waals surface area contributed by atoms with Crippen LogP contribution in [-0.4, -0.2) is 18.7 Å². The van der Waals surface area contributed by atoms with Gasteiger partial charge in [-0.1, -0.05) is 145 Å². The summed E-state index contributed by atoms with van der Waals surface area (Å²) < 4.78 is 126. The fourth-order valence-electron chi connectivity index (χ4n) is 9.08. The fourth-order valence-corrected chi connectivity index (χ4v) is 9.08. The molecule has 0 saturated heterocycles. The minimum Gasteiger partial charge on any atom is -0.510 e. The number of hydrogen-bond acceptors (Lipinski definition) is 2. The van der Waals surface area contributed by atoms with Gasteiger partial charge in [-0.15, -0.1) is 29.7 Å². The number of rotatable bonds is 8. The van der Waals surface area contributed by atoms with Gasteiger partial charge < -0.3 is 18.4 Å². The molecule has 9 aromatic carbocycles. The van der Waals surface area contributed by atoms with Crippen molar-refractivity contribution in [3.05, 3.63) is 242 Å². The van der Waals surface area contributed by atoms with Crippen LogP contribution >= 0.6 is 0 Å². The van der Waals surface area contributed by atoms with Crippen LogP contribution in [0.3, 0.4) is 0 Å². The quantitative estimate of drug-likeness (QED) is 0.112. The molecule has 0 spiro atoms. The third-order valence-electron chi connectivity index (χ3n) is 12.0. The van der Waals surface area contributed by atoms with Gasteiger partial charge in [0.15, 0.2) is 0 Å². The number of aromatic nitrogens is 5. The van der Waals surface area contributed by atoms with Crippen LogP contribution in [0.25, 0.3) is 99.8 Å². The molecule has 6 nitrogen and oxygen atoms in total. The number of hydrogen-bond donors (Lipinski definition) is 0. The molecule has 0 amide bonds. The summed E-state index contributed by atoms with van der Waals surface area (Å²) in [7, 11) is 0. The van der Waals surface area contributed by atoms with Crippen molar-refractivity contribution in [2.24, 2.45) is 0 Å². The minimum absolute atomic E-state index is 0. The molecule has 0 aliphatic rings. The van der Waals surface area contributed by atoms with Gasteiger partial charge in [0.1, 0.15) is 5.82 Å². The van der Waals surface area contributed by atoms with Gasteiger partial charge >= 0.3 is 0 Å². The van der Waals surface area contributed by atoms with Crippen molar-refractivity contribution in [2.75, 3.05) is 0 Å². The smallest absolute Gasteiger partial charge is 0.268 e. The normalized spacial score (nSPS) is 14.4. The van der Waals surface area contributed by atoms with Gasteiger partial charge in [-0.3, -0.25) is 4.57 Å². The maximum absolute atomic E-state index is 8.87. The van der Waals surface area contributed by atoms with E-state index in [1.165, 1.54) is 6.07 Å². The summed E-state index contributed by atoms with van der Waals surface area (Å²) in [5, 5.41) is 3.71. The molecule has 0 saturated carbocycles. The number of pyridine rings is 1. The third kappa shape index (κ3) is 6.92. The van der Waals surface area contributed by atoms with E-state index in [0.717, 1.165) is 38.1 Å². The zero-order chi connectivity index (χ0) is 55.6. The Morgan fingerprint density at radius 3 is 1.79 bits per heavy atom. The van der Waals surface area contributed by atoms with E-state index in [0.29, 0.717) is 50.9 Å². The van der Waals surface area contributed by atoms with Gasteiger partial charge in [0.25, 0.3) is 6.33 Å². The molecule has 0 aliphatic heterocycles. The molecule has 0 fully saturated rings. The summed E-state index contributed by atoms with van der Waals surface area (Å²) in [5.74, 6) is 1.01. The molecule has 0 N–H and O–H groups in total. The van der Waals surface area contributed by atoms with E-state index >= 15 is 0 Å². The van der Waals surface area contributed by atoms with Gasteiger partial charge in [0, 0.05) is 53.0 Å². The summed E-state index contributed by atoms with van der Waals surface area (Å²) in [6, 6.07) is 47.8. The van der Waals surface area contributed by atoms with Crippen LogP contribution in [0.1, 0.15) is 23.4 Å². The summed E-state index contributed by atoms with van der Waals surface area (Å²) >= 11 is 0. The van der Waals surface area contributed by atoms with E-state index in [4.69, 9.17) is 27.5 Å². The van der Waals surface area contributed by atoms with E-state index in [-0.39, 0.29) is 48.9 Å². The third-order valence-corrected chi connectivity index (χ3v) is 12.0. The molecule has 4 aromatic heterocycles. The molecule has 13 aromatic rings. The summed E-state index contributed by atoms with van der Waals surface area (Å²) in [5.41, 5.74) is 5.68. The number of aryl methyl sites for hydroxylation is 1. The molecule has 0 radical (unpaired) electrons. The van der Waals surface area contributed by atoms with Crippen LogP contribution < -0.4 is 9.30 Å². The van der Waals surface area contributed by atoms with Crippen LogP contribution in [0.2, 0.25) is 0 Å². The maximum Gasteiger partial charge on any atom is 0.268 e. The van der Waals surface area contributed by atoms with E-state index < -0.39 is 67.3 Å². The van der Waals surface area contributed by atoms with Crippen molar-refractivity contribution >= 4 is 54.6 Å². The van der Waals surface area contributed by atoms with Crippen molar-refractivity contribution in [2.45, 2.75) is 6.85 Å². The Balaban J connectivity index is 0.00000651. The maximum atomic E-state index is 8.87. The summed E-state index contributed by atoms with van der Waals surface area (Å²) in [4.78, 5) is 4.99. The van der Waals surface area contributed by atoms with Crippen molar-refractivity contribution in [3.8, 4) is 56.6 Å². The molecule has 0 bridgehead atoms. The summed E-state index contributed by atoms with van der Waals surface area (Å²) in [6.07, 6.45) is 5.02. The van der Waals surface area contributed by atoms with Crippen LogP contribution in [0.5, 0.6) is 11.5 Å². The van der Waals surface area contributed by atoms with E-state index in [1.54, 1.807) is 51.7 Å². The van der Waals surface area contributed by atoms with Gasteiger partial charge in [-0.25, -0.2) is 4.98 Å². The van der Waals surface area contributed by atoms with Gasteiger partial charge in [0.2, 0.25) is 0 Å². The van der Waals surface area contributed by atoms with Crippen LogP contribution in [0.15, 0.2) is 218 Å². The number of para-hydroxylation sites is 5. The number of ether oxygens (including phenoxy) is 1. The van der Waals surface area contributed by atoms with Gasteiger partial charge in [-0.2, -0.15) is 18.2 Å². The van der Waals surface area contributed by atoms with Crippen molar-refractivity contribution < 1.29 is 48.2 Å². The second-order valence-corrected chi connectivity index (χ2v) is 15.9. The zero-order valence-electron chi connectivity index (χ0n) is 48.5. The Bertz CT molecular complexity index is 4580. The molecular weight excluding hydrogens is 1010 g/mol. The SMILES string of the molecule is [2H]c1c([2H])c([2H])c(-c2cc(-c3c([2H])c([2H])c([2H])c([2H])c3[2H])cc(-[n+]3[c-]n(-c4[c-]c(Oc5[c-]c6c(cc5)c5ccccc5n6-c5cc(C([2H])([2H])[2H])c(-n6c7ccccc7c7ccccc76)cn5)ccc4)c4ccccc43)c2)c([2H])c1[2H].[Pt]. The van der Waals surface area contributed by atoms with Crippen LogP contribution in [0.4, 0.5) is 0 Å². The molecule has 68 heavy (non-hydrogen) atoms. The predicted molar refractivity (Wildman–Crippen MR) is 270 cm³/mol. The first kappa shape index (κ1) is 29.4. The van der Waals surface area contributed by atoms with Gasteiger partial charge in [0.05, 0.1) is 53.3 Å². The van der Waals surface area contributed by atoms with Crippen molar-refractivity contribution in [1.29, 1.82) is 0 Å². The van der Waals surface area contributed by atoms with E-state index in [1.807, 2.05) is 118 Å². The predicted octanol–water partition coefficient (Wildman–Crippen LogP) is 14.3. The van der Waals surface area contributed by atoms with Crippen LogP contribution in [0, 0.1) is 25.3 Å². The van der Waals surface area contributed by atoms with E-state index in [2.05, 4.69) is 18.5 Å². The second-order valence-electron chi connectivity index (χ2n) is 15.9. The second kappa shape index (κ2) is 16.8. The molecule has 326 valence electrons. The Morgan fingerprint density at radius 1 is 0.544 bits per heavy atom. The fraction of sp³-hybridized carbons (Fsp3) is 0.0164. The zero-order valence-corrected chi connectivity index (χ0v) is 37.7. The number of fused-ring (bicyclic) bond motifs is 7. The summed E-state index contributed by atoms with van der Waals surface area (Å²) in [6.45, 7) is -2.53. The Hall–Kier alpha value is -8.31. The Kier molecular flexibility index (Phi) is 7.27. The monoisotopic (exact) mass is 1070 g/mol. The van der Waals surface area contributed by atoms with E-state index in [9.17, 15) is 0 Å². The molecule has 0 aliphatic carbocycles. The molecule has 13 rings (SSSR count). The Morgan fingerprint density at radius 2 is 1.13 bits per heavy atom. The average Bonchev–Trinajstić information content (AvgIpc) is 4.37. The average molecular weight is 1070 g/mol. The van der Waals surface area contributed by atoms with Crippen LogP contribution in [-0.2, 0) is 21.1 Å². The minimum atomic E-state index is -2.53. The Labute approximate surface area is 425 Å². The molecular formula is C61H39N5OPt-2. The standard InChI is InChI=1S/C61H39N5O.Pt/c1-41-33-61(62-39-60(41)65-54-26-11-8-23-50(54)51-24-9-12-27-55(51)65)66-56-28-13-10-25-52(56)53-32-31-49(38-59(53)66)67-48-22-16-21-46(37-48)63-40-64(58-30-15-14-29-57(58)63)47-35-44(42-17-4-2-5-18-42)34-45(36-47)43-19-6-3-7-20-43;/h2-36,39H,1H3;/q-2;/i1D3,2D,3D,4D,5D,6D,7D,17D,18D,19D,20D;. The van der Waals surface area contributed by atoms with Gasteiger partial charge in [-0.05, 0) is 88.2 Å². The molecule has 0 atom stereocenters. The first-order valence-corrected chi connectivity index (χ1v) is 21.4. The number of imidazole rings is 1. The number of benzene rings is 9. The van der Waals surface area contributed by atoms with Crippen molar-refractivity contribution in [1.82, 2.24) is 18.7 Å².